The number of benzene rings is 1. The highest BCUT2D eigenvalue weighted by Gasteiger charge is 2.23. The average molecular weight is 239 g/mol. The first-order valence-corrected chi connectivity index (χ1v) is 5.92. The molecule has 4 heteroatoms. The molecule has 0 aliphatic carbocycles. The van der Waals surface area contributed by atoms with Crippen LogP contribution >= 0.6 is 0 Å². The third kappa shape index (κ3) is 2.76. The Labute approximate surface area is 101 Å². The lowest BCUT2D eigenvalue weighted by atomic mass is 10.1. The number of hydrogen-bond acceptors (Lipinski definition) is 3. The molecule has 94 valence electrons. The van der Waals surface area contributed by atoms with Crippen molar-refractivity contribution < 1.29 is 14.2 Å². The van der Waals surface area contributed by atoms with Crippen LogP contribution in [0.1, 0.15) is 18.4 Å². The van der Waals surface area contributed by atoms with Gasteiger partial charge in [0.2, 0.25) is 0 Å². The Morgan fingerprint density at radius 2 is 2.35 bits per heavy atom. The van der Waals surface area contributed by atoms with Gasteiger partial charge in [-0.2, -0.15) is 0 Å². The van der Waals surface area contributed by atoms with Crippen molar-refractivity contribution in [3.05, 3.63) is 29.6 Å². The van der Waals surface area contributed by atoms with Gasteiger partial charge >= 0.3 is 0 Å². The molecule has 0 radical (unpaired) electrons. The van der Waals surface area contributed by atoms with Crippen LogP contribution in [0.5, 0.6) is 5.75 Å². The summed E-state index contributed by atoms with van der Waals surface area (Å²) < 4.78 is 18.4. The lowest BCUT2D eigenvalue weighted by molar-refractivity contribution is 0.153. The molecule has 1 aliphatic rings. The second-order valence-electron chi connectivity index (χ2n) is 4.42. The molecule has 1 atom stereocenters. The maximum absolute atomic E-state index is 13.5. The van der Waals surface area contributed by atoms with Gasteiger partial charge in [0.15, 0.2) is 11.6 Å². The number of methoxy groups -OCH3 is 1. The van der Waals surface area contributed by atoms with Gasteiger partial charge in [0.25, 0.3) is 0 Å². The third-order valence-electron chi connectivity index (χ3n) is 3.31. The fourth-order valence-electron chi connectivity index (χ4n) is 2.35. The van der Waals surface area contributed by atoms with E-state index in [0.29, 0.717) is 6.54 Å². The Morgan fingerprint density at radius 1 is 1.53 bits per heavy atom. The Balaban J connectivity index is 2.05. The molecule has 0 aromatic heterocycles. The van der Waals surface area contributed by atoms with Gasteiger partial charge in [0.1, 0.15) is 0 Å². The van der Waals surface area contributed by atoms with Gasteiger partial charge in [-0.3, -0.25) is 4.90 Å². The lowest BCUT2D eigenvalue weighted by Crippen LogP contribution is -2.31. The van der Waals surface area contributed by atoms with Gasteiger partial charge in [-0.1, -0.05) is 6.07 Å². The first kappa shape index (κ1) is 12.3. The van der Waals surface area contributed by atoms with Crippen LogP contribution in [0.2, 0.25) is 0 Å². The van der Waals surface area contributed by atoms with Crippen molar-refractivity contribution in [2.45, 2.75) is 25.4 Å². The van der Waals surface area contributed by atoms with Crippen LogP contribution < -0.4 is 4.74 Å². The predicted molar refractivity (Wildman–Crippen MR) is 63.5 cm³/mol. The summed E-state index contributed by atoms with van der Waals surface area (Å²) in [6, 6.07) is 5.25. The van der Waals surface area contributed by atoms with Crippen molar-refractivity contribution in [2.24, 2.45) is 0 Å². The third-order valence-corrected chi connectivity index (χ3v) is 3.31. The van der Waals surface area contributed by atoms with Crippen LogP contribution in [0.3, 0.4) is 0 Å². The molecule has 0 saturated carbocycles. The first-order chi connectivity index (χ1) is 8.24. The zero-order chi connectivity index (χ0) is 12.3. The molecule has 1 aromatic carbocycles. The average Bonchev–Trinajstić information content (AvgIpc) is 2.76. The van der Waals surface area contributed by atoms with E-state index in [1.807, 2.05) is 6.07 Å². The van der Waals surface area contributed by atoms with E-state index in [-0.39, 0.29) is 24.2 Å². The summed E-state index contributed by atoms with van der Waals surface area (Å²) in [5.74, 6) is -0.0568. The largest absolute Gasteiger partial charge is 0.494 e. The van der Waals surface area contributed by atoms with E-state index < -0.39 is 0 Å². The second kappa shape index (κ2) is 5.47. The van der Waals surface area contributed by atoms with Crippen LogP contribution in [-0.2, 0) is 6.54 Å². The summed E-state index contributed by atoms with van der Waals surface area (Å²) in [6.07, 6.45) is 2.12. The predicted octanol–water partition coefficient (Wildman–Crippen LogP) is 1.79. The normalized spacial score (nSPS) is 20.8. The number of rotatable bonds is 4. The first-order valence-electron chi connectivity index (χ1n) is 5.92. The molecule has 1 saturated heterocycles. The van der Waals surface area contributed by atoms with Crippen molar-refractivity contribution in [1.82, 2.24) is 4.90 Å². The highest BCUT2D eigenvalue weighted by Crippen LogP contribution is 2.22. The van der Waals surface area contributed by atoms with Gasteiger partial charge < -0.3 is 9.84 Å². The van der Waals surface area contributed by atoms with Crippen LogP contribution in [0, 0.1) is 5.82 Å². The zero-order valence-corrected chi connectivity index (χ0v) is 10.0. The standard InChI is InChI=1S/C13H18FNO2/c1-17-13-5-4-10(7-12(13)14)8-15-6-2-3-11(15)9-16/h4-5,7,11,16H,2-3,6,8-9H2,1H3. The molecule has 0 spiro atoms. The maximum atomic E-state index is 13.5. The second-order valence-corrected chi connectivity index (χ2v) is 4.42. The minimum absolute atomic E-state index is 0.179. The number of likely N-dealkylation sites (tertiary alicyclic amines) is 1. The summed E-state index contributed by atoms with van der Waals surface area (Å²) in [6.45, 7) is 1.84. The van der Waals surface area contributed by atoms with E-state index >= 15 is 0 Å². The molecule has 3 nitrogen and oxygen atoms in total. The van der Waals surface area contributed by atoms with E-state index in [1.54, 1.807) is 6.07 Å². The summed E-state index contributed by atoms with van der Waals surface area (Å²) >= 11 is 0. The Kier molecular flexibility index (Phi) is 3.97. The smallest absolute Gasteiger partial charge is 0.165 e. The molecule has 1 fully saturated rings. The Bertz CT molecular complexity index is 384. The highest BCUT2D eigenvalue weighted by molar-refractivity contribution is 5.29. The summed E-state index contributed by atoms with van der Waals surface area (Å²) in [4.78, 5) is 2.20. The van der Waals surface area contributed by atoms with Gasteiger partial charge in [-0.25, -0.2) is 4.39 Å². The van der Waals surface area contributed by atoms with Crippen LogP contribution in [0.4, 0.5) is 4.39 Å². The maximum Gasteiger partial charge on any atom is 0.165 e. The van der Waals surface area contributed by atoms with Crippen molar-refractivity contribution in [3.8, 4) is 5.75 Å². The number of nitrogens with zero attached hydrogens (tertiary/aromatic N) is 1. The van der Waals surface area contributed by atoms with E-state index in [9.17, 15) is 9.50 Å². The monoisotopic (exact) mass is 239 g/mol. The molecule has 0 bridgehead atoms. The van der Waals surface area contributed by atoms with Gasteiger partial charge in [0.05, 0.1) is 13.7 Å². The number of aliphatic hydroxyl groups is 1. The van der Waals surface area contributed by atoms with E-state index in [2.05, 4.69) is 4.90 Å². The lowest BCUT2D eigenvalue weighted by Gasteiger charge is -2.22. The Morgan fingerprint density at radius 3 is 3.00 bits per heavy atom. The van der Waals surface area contributed by atoms with Crippen LogP contribution in [-0.4, -0.2) is 36.3 Å². The van der Waals surface area contributed by atoms with Crippen molar-refractivity contribution in [2.75, 3.05) is 20.3 Å². The summed E-state index contributed by atoms with van der Waals surface area (Å²) in [5.41, 5.74) is 0.920. The van der Waals surface area contributed by atoms with Crippen molar-refractivity contribution in [3.63, 3.8) is 0 Å². The molecule has 1 unspecified atom stereocenters. The van der Waals surface area contributed by atoms with E-state index in [1.165, 1.54) is 13.2 Å². The molecule has 1 N–H and O–H groups in total. The molecule has 1 aliphatic heterocycles. The van der Waals surface area contributed by atoms with Crippen molar-refractivity contribution in [1.29, 1.82) is 0 Å². The van der Waals surface area contributed by atoms with Gasteiger partial charge in [-0.05, 0) is 37.1 Å². The molecule has 17 heavy (non-hydrogen) atoms. The molecule has 0 amide bonds. The number of hydrogen-bond donors (Lipinski definition) is 1. The van der Waals surface area contributed by atoms with Crippen LogP contribution in [0.15, 0.2) is 18.2 Å². The molecular weight excluding hydrogens is 221 g/mol. The molecular formula is C13H18FNO2. The van der Waals surface area contributed by atoms with Gasteiger partial charge in [0, 0.05) is 12.6 Å². The minimum atomic E-state index is -0.329. The Hall–Kier alpha value is -1.13. The topological polar surface area (TPSA) is 32.7 Å². The van der Waals surface area contributed by atoms with Crippen LogP contribution in [0.25, 0.3) is 0 Å². The highest BCUT2D eigenvalue weighted by atomic mass is 19.1. The molecule has 1 heterocycles. The quantitative estimate of drug-likeness (QED) is 0.869. The zero-order valence-electron chi connectivity index (χ0n) is 10.0. The van der Waals surface area contributed by atoms with Crippen molar-refractivity contribution >= 4 is 0 Å². The fraction of sp³-hybridized carbons (Fsp3) is 0.538. The summed E-state index contributed by atoms with van der Waals surface area (Å²) in [7, 11) is 1.46. The number of ether oxygens (including phenoxy) is 1. The summed E-state index contributed by atoms with van der Waals surface area (Å²) in [5, 5.41) is 9.22. The molecule has 2 rings (SSSR count). The number of aliphatic hydroxyl groups excluding tert-OH is 1. The molecule has 1 aromatic rings. The van der Waals surface area contributed by atoms with Gasteiger partial charge in [-0.15, -0.1) is 0 Å². The SMILES string of the molecule is COc1ccc(CN2CCCC2CO)cc1F. The van der Waals surface area contributed by atoms with E-state index in [4.69, 9.17) is 4.74 Å². The van der Waals surface area contributed by atoms with E-state index in [0.717, 1.165) is 24.9 Å². The fourth-order valence-corrected chi connectivity index (χ4v) is 2.35. The minimum Gasteiger partial charge on any atom is -0.494 e. The number of halogens is 1.